The highest BCUT2D eigenvalue weighted by Crippen LogP contribution is 2.21. The van der Waals surface area contributed by atoms with Gasteiger partial charge in [0.15, 0.2) is 5.96 Å². The molecule has 6 heteroatoms. The van der Waals surface area contributed by atoms with Crippen LogP contribution < -0.4 is 16.0 Å². The summed E-state index contributed by atoms with van der Waals surface area (Å²) in [5, 5.41) is 17.7. The quantitative estimate of drug-likeness (QED) is 0.331. The highest BCUT2D eigenvalue weighted by Gasteiger charge is 2.17. The maximum Gasteiger partial charge on any atom is 0.222 e. The van der Waals surface area contributed by atoms with Crippen LogP contribution in [0.15, 0.2) is 54.6 Å². The van der Waals surface area contributed by atoms with Crippen molar-refractivity contribution in [3.8, 4) is 11.1 Å². The second-order valence-electron chi connectivity index (χ2n) is 9.02. The van der Waals surface area contributed by atoms with Crippen molar-refractivity contribution in [2.45, 2.75) is 45.6 Å². The van der Waals surface area contributed by atoms with Gasteiger partial charge in [0.05, 0.1) is 0 Å². The molecular weight excluding hydrogens is 398 g/mol. The molecule has 0 radical (unpaired) electrons. The zero-order valence-electron chi connectivity index (χ0n) is 19.4. The lowest BCUT2D eigenvalue weighted by molar-refractivity contribution is -0.121. The number of benzene rings is 2. The fourth-order valence-electron chi connectivity index (χ4n) is 4.18. The second kappa shape index (κ2) is 12.2. The van der Waals surface area contributed by atoms with Crippen LogP contribution >= 0.6 is 0 Å². The van der Waals surface area contributed by atoms with Crippen molar-refractivity contribution < 1.29 is 4.79 Å². The van der Waals surface area contributed by atoms with Crippen molar-refractivity contribution >= 4 is 17.6 Å². The van der Waals surface area contributed by atoms with Gasteiger partial charge < -0.3 is 20.9 Å². The van der Waals surface area contributed by atoms with Crippen LogP contribution in [-0.2, 0) is 4.79 Å². The van der Waals surface area contributed by atoms with Crippen molar-refractivity contribution in [2.75, 3.05) is 31.5 Å². The summed E-state index contributed by atoms with van der Waals surface area (Å²) in [6, 6.07) is 18.2. The van der Waals surface area contributed by atoms with Crippen LogP contribution in [0.2, 0.25) is 0 Å². The zero-order valence-corrected chi connectivity index (χ0v) is 19.4. The molecule has 2 aromatic carbocycles. The second-order valence-corrected chi connectivity index (χ2v) is 9.02. The third kappa shape index (κ3) is 8.00. The van der Waals surface area contributed by atoms with Crippen LogP contribution in [0, 0.1) is 11.3 Å². The summed E-state index contributed by atoms with van der Waals surface area (Å²) in [5.74, 6) is 0.693. The summed E-state index contributed by atoms with van der Waals surface area (Å²) in [6.45, 7) is 8.17. The number of carbonyl (C=O) groups is 1. The summed E-state index contributed by atoms with van der Waals surface area (Å²) < 4.78 is 0. The predicted octanol–water partition coefficient (Wildman–Crippen LogP) is 4.31. The number of hydrogen-bond acceptors (Lipinski definition) is 3. The van der Waals surface area contributed by atoms with E-state index in [1.165, 1.54) is 18.4 Å². The summed E-state index contributed by atoms with van der Waals surface area (Å²) in [6.07, 6.45) is 3.72. The van der Waals surface area contributed by atoms with E-state index in [1.807, 2.05) is 42.5 Å². The Balaban J connectivity index is 1.47. The molecule has 1 atom stereocenters. The van der Waals surface area contributed by atoms with E-state index >= 15 is 0 Å². The maximum absolute atomic E-state index is 12.5. The third-order valence-corrected chi connectivity index (χ3v) is 5.75. The number of carbonyl (C=O) groups excluding carboxylic acids is 1. The van der Waals surface area contributed by atoms with Gasteiger partial charge in [0.1, 0.15) is 0 Å². The van der Waals surface area contributed by atoms with Crippen LogP contribution in [0.5, 0.6) is 0 Å². The Morgan fingerprint density at radius 1 is 1.00 bits per heavy atom. The Labute approximate surface area is 192 Å². The van der Waals surface area contributed by atoms with Crippen LogP contribution in [-0.4, -0.2) is 49.0 Å². The van der Waals surface area contributed by atoms with E-state index in [4.69, 9.17) is 5.41 Å². The molecular formula is C26H37N5O. The molecule has 1 fully saturated rings. The molecule has 4 N–H and O–H groups in total. The summed E-state index contributed by atoms with van der Waals surface area (Å²) >= 11 is 0. The molecule has 32 heavy (non-hydrogen) atoms. The molecule has 1 aliphatic heterocycles. The number of hydrogen-bond donors (Lipinski definition) is 4. The minimum Gasteiger partial charge on any atom is -0.355 e. The minimum absolute atomic E-state index is 0.0439. The third-order valence-electron chi connectivity index (χ3n) is 5.75. The number of likely N-dealkylation sites (tertiary alicyclic amines) is 1. The van der Waals surface area contributed by atoms with Crippen molar-refractivity contribution in [1.29, 1.82) is 5.41 Å². The molecule has 0 spiro atoms. The van der Waals surface area contributed by atoms with Gasteiger partial charge in [-0.15, -0.1) is 0 Å². The normalized spacial score (nSPS) is 14.8. The Morgan fingerprint density at radius 3 is 2.31 bits per heavy atom. The average Bonchev–Trinajstić information content (AvgIpc) is 3.28. The average molecular weight is 436 g/mol. The number of nitrogens with one attached hydrogen (secondary N) is 4. The molecule has 0 saturated carbocycles. The molecule has 3 rings (SSSR count). The molecule has 1 aliphatic rings. The molecule has 1 heterocycles. The smallest absolute Gasteiger partial charge is 0.222 e. The first-order valence-electron chi connectivity index (χ1n) is 11.8. The van der Waals surface area contributed by atoms with Gasteiger partial charge in [-0.1, -0.05) is 56.3 Å². The molecule has 2 aromatic rings. The molecule has 6 nitrogen and oxygen atoms in total. The van der Waals surface area contributed by atoms with Crippen LogP contribution in [0.3, 0.4) is 0 Å². The van der Waals surface area contributed by atoms with Crippen LogP contribution in [0.4, 0.5) is 5.69 Å². The Kier molecular flexibility index (Phi) is 9.11. The molecule has 172 valence electrons. The van der Waals surface area contributed by atoms with Crippen LogP contribution in [0.1, 0.15) is 39.5 Å². The van der Waals surface area contributed by atoms with Gasteiger partial charge in [-0.05, 0) is 61.5 Å². The predicted molar refractivity (Wildman–Crippen MR) is 133 cm³/mol. The standard InChI is InChI=1S/C26H37N5O/c1-20(2)18-24(19-25(32)28-14-17-31-15-6-7-16-31)30-26(27)29-23-12-10-22(11-13-23)21-8-4-3-5-9-21/h3-5,8-13,20,24H,6-7,14-19H2,1-2H3,(H,28,32)(H3,27,29,30)/t24-/m0/s1. The van der Waals surface area contributed by atoms with Gasteiger partial charge in [-0.25, -0.2) is 0 Å². The van der Waals surface area contributed by atoms with E-state index in [0.29, 0.717) is 18.9 Å². The van der Waals surface area contributed by atoms with E-state index in [9.17, 15) is 4.79 Å². The van der Waals surface area contributed by atoms with Crippen molar-refractivity contribution in [3.05, 3.63) is 54.6 Å². The molecule has 0 aromatic heterocycles. The Hall–Kier alpha value is -2.86. The first-order valence-corrected chi connectivity index (χ1v) is 11.8. The molecule has 1 amide bonds. The molecule has 0 bridgehead atoms. The fourth-order valence-corrected chi connectivity index (χ4v) is 4.18. The molecule has 1 saturated heterocycles. The molecule has 0 aliphatic carbocycles. The van der Waals surface area contributed by atoms with E-state index in [1.54, 1.807) is 0 Å². The number of guanidine groups is 1. The number of amides is 1. The number of anilines is 1. The van der Waals surface area contributed by atoms with Crippen molar-refractivity contribution in [3.63, 3.8) is 0 Å². The van der Waals surface area contributed by atoms with E-state index < -0.39 is 0 Å². The monoisotopic (exact) mass is 435 g/mol. The minimum atomic E-state index is -0.0784. The maximum atomic E-state index is 12.5. The summed E-state index contributed by atoms with van der Waals surface area (Å²) in [7, 11) is 0. The first-order chi connectivity index (χ1) is 15.5. The van der Waals surface area contributed by atoms with Gasteiger partial charge in [0, 0.05) is 31.2 Å². The highest BCUT2D eigenvalue weighted by molar-refractivity contribution is 5.92. The lowest BCUT2D eigenvalue weighted by Gasteiger charge is -2.22. The van der Waals surface area contributed by atoms with E-state index in [0.717, 1.165) is 37.3 Å². The Morgan fingerprint density at radius 2 is 1.66 bits per heavy atom. The number of rotatable bonds is 10. The topological polar surface area (TPSA) is 80.2 Å². The van der Waals surface area contributed by atoms with Gasteiger partial charge in [0.25, 0.3) is 0 Å². The van der Waals surface area contributed by atoms with Gasteiger partial charge in [-0.2, -0.15) is 0 Å². The van der Waals surface area contributed by atoms with Gasteiger partial charge >= 0.3 is 0 Å². The lowest BCUT2D eigenvalue weighted by atomic mass is 10.0. The molecule has 0 unspecified atom stereocenters. The summed E-state index contributed by atoms with van der Waals surface area (Å²) in [5.41, 5.74) is 3.15. The van der Waals surface area contributed by atoms with Crippen LogP contribution in [0.25, 0.3) is 11.1 Å². The van der Waals surface area contributed by atoms with E-state index in [2.05, 4.69) is 46.8 Å². The summed E-state index contributed by atoms with van der Waals surface area (Å²) in [4.78, 5) is 14.9. The SMILES string of the molecule is CC(C)C[C@@H](CC(=O)NCCN1CCCC1)NC(=N)Nc1ccc(-c2ccccc2)cc1. The lowest BCUT2D eigenvalue weighted by Crippen LogP contribution is -2.43. The van der Waals surface area contributed by atoms with Crippen molar-refractivity contribution in [2.24, 2.45) is 5.92 Å². The zero-order chi connectivity index (χ0) is 22.8. The first kappa shape index (κ1) is 23.8. The van der Waals surface area contributed by atoms with Gasteiger partial charge in [0.2, 0.25) is 5.91 Å². The fraction of sp³-hybridized carbons (Fsp3) is 0.462. The largest absolute Gasteiger partial charge is 0.355 e. The van der Waals surface area contributed by atoms with Crippen molar-refractivity contribution in [1.82, 2.24) is 15.5 Å². The van der Waals surface area contributed by atoms with Gasteiger partial charge in [-0.3, -0.25) is 10.2 Å². The van der Waals surface area contributed by atoms with E-state index in [-0.39, 0.29) is 17.9 Å². The highest BCUT2D eigenvalue weighted by atomic mass is 16.1. The number of nitrogens with zero attached hydrogens (tertiary/aromatic N) is 1. The Bertz CT molecular complexity index is 844.